The van der Waals surface area contributed by atoms with Gasteiger partial charge in [0.25, 0.3) is 0 Å². The van der Waals surface area contributed by atoms with Gasteiger partial charge in [-0.2, -0.15) is 0 Å². The molecule has 2 amide bonds. The fourth-order valence-corrected chi connectivity index (χ4v) is 3.10. The highest BCUT2D eigenvalue weighted by atomic mass is 16.5. The first-order chi connectivity index (χ1) is 13.7. The van der Waals surface area contributed by atoms with Gasteiger partial charge in [-0.1, -0.05) is 23.8 Å². The molecule has 0 aromatic heterocycles. The van der Waals surface area contributed by atoms with Crippen molar-refractivity contribution >= 4 is 23.6 Å². The number of rotatable bonds is 7. The van der Waals surface area contributed by atoms with Gasteiger partial charge in [-0.3, -0.25) is 9.59 Å². The number of aryl methyl sites for hydroxylation is 3. The number of nitrogens with zero attached hydrogens (tertiary/aromatic N) is 1. The fraction of sp³-hybridized carbons (Fsp3) is 0.304. The first kappa shape index (κ1) is 22.0. The van der Waals surface area contributed by atoms with Crippen LogP contribution in [0.5, 0.6) is 11.5 Å². The van der Waals surface area contributed by atoms with Gasteiger partial charge in [-0.25, -0.2) is 0 Å². The molecule has 0 aliphatic carbocycles. The molecular formula is C23H28N2O4. The summed E-state index contributed by atoms with van der Waals surface area (Å²) in [6.07, 6.45) is 3.10. The van der Waals surface area contributed by atoms with Gasteiger partial charge in [0.05, 0.1) is 20.8 Å². The topological polar surface area (TPSA) is 67.9 Å². The van der Waals surface area contributed by atoms with Crippen LogP contribution in [0.4, 0.5) is 5.69 Å². The lowest BCUT2D eigenvalue weighted by Gasteiger charge is -2.17. The molecule has 0 atom stereocenters. The van der Waals surface area contributed by atoms with Gasteiger partial charge in [0, 0.05) is 18.8 Å². The van der Waals surface area contributed by atoms with E-state index in [-0.39, 0.29) is 18.4 Å². The van der Waals surface area contributed by atoms with Crippen molar-refractivity contribution in [1.29, 1.82) is 0 Å². The normalized spacial score (nSPS) is 10.7. The third kappa shape index (κ3) is 5.85. The Hall–Kier alpha value is -3.28. The quantitative estimate of drug-likeness (QED) is 0.724. The van der Waals surface area contributed by atoms with E-state index in [4.69, 9.17) is 9.47 Å². The van der Waals surface area contributed by atoms with Gasteiger partial charge in [0.2, 0.25) is 11.8 Å². The number of amides is 2. The molecule has 0 saturated heterocycles. The number of benzene rings is 2. The van der Waals surface area contributed by atoms with Crippen LogP contribution >= 0.6 is 0 Å². The van der Waals surface area contributed by atoms with Gasteiger partial charge in [0.15, 0.2) is 11.5 Å². The summed E-state index contributed by atoms with van der Waals surface area (Å²) >= 11 is 0. The number of methoxy groups -OCH3 is 2. The predicted molar refractivity (Wildman–Crippen MR) is 115 cm³/mol. The summed E-state index contributed by atoms with van der Waals surface area (Å²) in [6.45, 7) is 5.89. The van der Waals surface area contributed by atoms with Crippen molar-refractivity contribution in [3.63, 3.8) is 0 Å². The lowest BCUT2D eigenvalue weighted by atomic mass is 10.1. The Balaban J connectivity index is 2.00. The fourth-order valence-electron chi connectivity index (χ4n) is 3.10. The van der Waals surface area contributed by atoms with Gasteiger partial charge in [0.1, 0.15) is 0 Å². The third-order valence-corrected chi connectivity index (χ3v) is 4.52. The molecule has 2 aromatic rings. The highest BCUT2D eigenvalue weighted by molar-refractivity contribution is 5.98. The molecule has 2 rings (SSSR count). The monoisotopic (exact) mass is 396 g/mol. The average molecular weight is 396 g/mol. The van der Waals surface area contributed by atoms with Crippen molar-refractivity contribution in [2.75, 3.05) is 33.1 Å². The van der Waals surface area contributed by atoms with E-state index in [0.29, 0.717) is 11.5 Å². The molecule has 0 spiro atoms. The van der Waals surface area contributed by atoms with Crippen LogP contribution in [0.2, 0.25) is 0 Å². The Morgan fingerprint density at radius 1 is 1.00 bits per heavy atom. The predicted octanol–water partition coefficient (Wildman–Crippen LogP) is 3.74. The minimum absolute atomic E-state index is 0.0398. The molecule has 29 heavy (non-hydrogen) atoms. The molecule has 154 valence electrons. The first-order valence-corrected chi connectivity index (χ1v) is 9.28. The number of carbonyl (C=O) groups is 2. The Bertz CT molecular complexity index is 911. The van der Waals surface area contributed by atoms with Crippen molar-refractivity contribution in [1.82, 2.24) is 4.90 Å². The summed E-state index contributed by atoms with van der Waals surface area (Å²) in [4.78, 5) is 26.1. The summed E-state index contributed by atoms with van der Waals surface area (Å²) in [7, 11) is 4.71. The van der Waals surface area contributed by atoms with E-state index in [9.17, 15) is 9.59 Å². The molecular weight excluding hydrogens is 368 g/mol. The van der Waals surface area contributed by atoms with E-state index in [1.807, 2.05) is 39.0 Å². The zero-order valence-electron chi connectivity index (χ0n) is 17.8. The van der Waals surface area contributed by atoms with Crippen LogP contribution in [0.1, 0.15) is 22.3 Å². The Kier molecular flexibility index (Phi) is 7.42. The summed E-state index contributed by atoms with van der Waals surface area (Å²) in [6, 6.07) is 9.40. The lowest BCUT2D eigenvalue weighted by molar-refractivity contribution is -0.129. The maximum Gasteiger partial charge on any atom is 0.246 e. The first-order valence-electron chi connectivity index (χ1n) is 9.28. The van der Waals surface area contributed by atoms with E-state index in [2.05, 4.69) is 5.32 Å². The largest absolute Gasteiger partial charge is 0.493 e. The maximum absolute atomic E-state index is 12.4. The van der Waals surface area contributed by atoms with Crippen LogP contribution in [0.15, 0.2) is 36.4 Å². The number of nitrogens with one attached hydrogen (secondary N) is 1. The highest BCUT2D eigenvalue weighted by Gasteiger charge is 2.13. The van der Waals surface area contributed by atoms with Gasteiger partial charge in [-0.05, 0) is 55.7 Å². The zero-order chi connectivity index (χ0) is 21.6. The molecule has 6 nitrogen and oxygen atoms in total. The highest BCUT2D eigenvalue weighted by Crippen LogP contribution is 2.28. The minimum atomic E-state index is -0.271. The summed E-state index contributed by atoms with van der Waals surface area (Å²) in [5.41, 5.74) is 4.73. The number of ether oxygens (including phenoxy) is 2. The number of carbonyl (C=O) groups excluding carboxylic acids is 2. The number of hydrogen-bond acceptors (Lipinski definition) is 4. The van der Waals surface area contributed by atoms with Crippen LogP contribution in [-0.2, 0) is 9.59 Å². The van der Waals surface area contributed by atoms with Crippen LogP contribution in [0.25, 0.3) is 6.08 Å². The van der Waals surface area contributed by atoms with Crippen LogP contribution in [0.3, 0.4) is 0 Å². The molecule has 6 heteroatoms. The second kappa shape index (κ2) is 9.78. The van der Waals surface area contributed by atoms with E-state index in [1.54, 1.807) is 39.5 Å². The Morgan fingerprint density at radius 2 is 1.62 bits per heavy atom. The Labute approximate surface area is 172 Å². The van der Waals surface area contributed by atoms with Crippen LogP contribution < -0.4 is 14.8 Å². The molecule has 0 aliphatic rings. The second-order valence-electron chi connectivity index (χ2n) is 6.96. The number of hydrogen-bond donors (Lipinski definition) is 1. The van der Waals surface area contributed by atoms with E-state index in [1.165, 1.54) is 11.0 Å². The molecule has 0 unspecified atom stereocenters. The van der Waals surface area contributed by atoms with Crippen molar-refractivity contribution < 1.29 is 19.1 Å². The summed E-state index contributed by atoms with van der Waals surface area (Å²) < 4.78 is 10.5. The number of likely N-dealkylation sites (N-methyl/N-ethyl adjacent to an activating group) is 1. The molecule has 1 N–H and O–H groups in total. The van der Waals surface area contributed by atoms with E-state index >= 15 is 0 Å². The molecule has 2 aromatic carbocycles. The van der Waals surface area contributed by atoms with Crippen molar-refractivity contribution in [3.05, 3.63) is 58.7 Å². The van der Waals surface area contributed by atoms with Crippen molar-refractivity contribution in [3.8, 4) is 11.5 Å². The molecule has 0 radical (unpaired) electrons. The SMILES string of the molecule is COc1ccc(/C=C/C(=O)N(C)CC(=O)Nc2c(C)cc(C)cc2C)cc1OC. The number of anilines is 1. The van der Waals surface area contributed by atoms with Gasteiger partial charge in [-0.15, -0.1) is 0 Å². The average Bonchev–Trinajstić information content (AvgIpc) is 2.68. The smallest absolute Gasteiger partial charge is 0.246 e. The summed E-state index contributed by atoms with van der Waals surface area (Å²) in [5, 5.41) is 2.91. The summed E-state index contributed by atoms with van der Waals surface area (Å²) in [5.74, 6) is 0.688. The van der Waals surface area contributed by atoms with E-state index in [0.717, 1.165) is 27.9 Å². The Morgan fingerprint density at radius 3 is 2.21 bits per heavy atom. The van der Waals surface area contributed by atoms with Crippen molar-refractivity contribution in [2.45, 2.75) is 20.8 Å². The van der Waals surface area contributed by atoms with Crippen LogP contribution in [-0.4, -0.2) is 44.5 Å². The standard InChI is InChI=1S/C23H28N2O4/c1-15-11-16(2)23(17(3)12-15)24-21(26)14-25(4)22(27)10-8-18-7-9-19(28-5)20(13-18)29-6/h7-13H,14H2,1-6H3,(H,24,26)/b10-8+. The molecule has 0 saturated carbocycles. The van der Waals surface area contributed by atoms with Crippen molar-refractivity contribution in [2.24, 2.45) is 0 Å². The minimum Gasteiger partial charge on any atom is -0.493 e. The maximum atomic E-state index is 12.4. The second-order valence-corrected chi connectivity index (χ2v) is 6.96. The van der Waals surface area contributed by atoms with E-state index < -0.39 is 0 Å². The molecule has 0 fully saturated rings. The lowest BCUT2D eigenvalue weighted by Crippen LogP contribution is -2.34. The van der Waals surface area contributed by atoms with Gasteiger partial charge < -0.3 is 19.7 Å². The third-order valence-electron chi connectivity index (χ3n) is 4.52. The molecule has 0 heterocycles. The van der Waals surface area contributed by atoms with Gasteiger partial charge >= 0.3 is 0 Å². The van der Waals surface area contributed by atoms with Crippen LogP contribution in [0, 0.1) is 20.8 Å². The zero-order valence-corrected chi connectivity index (χ0v) is 17.8. The molecule has 0 bridgehead atoms. The molecule has 0 aliphatic heterocycles.